The van der Waals surface area contributed by atoms with Gasteiger partial charge < -0.3 is 0 Å². The van der Waals surface area contributed by atoms with Crippen molar-refractivity contribution < 1.29 is 0 Å². The van der Waals surface area contributed by atoms with Crippen molar-refractivity contribution in [2.24, 2.45) is 0 Å². The number of hydrogen-bond acceptors (Lipinski definition) is 1. The van der Waals surface area contributed by atoms with Gasteiger partial charge in [0.05, 0.1) is 11.2 Å². The van der Waals surface area contributed by atoms with Gasteiger partial charge in [0.1, 0.15) is 0 Å². The lowest BCUT2D eigenvalue weighted by atomic mass is 9.98. The SMILES string of the molecule is Cc1ccc2c(c1C)Cc1nc3ccccc3cc1-2. The Kier molecular flexibility index (Phi) is 2.08. The molecule has 1 heteroatoms. The molecule has 19 heavy (non-hydrogen) atoms. The first kappa shape index (κ1) is 10.7. The minimum Gasteiger partial charge on any atom is -0.252 e. The first-order chi connectivity index (χ1) is 9.24. The highest BCUT2D eigenvalue weighted by molar-refractivity contribution is 5.88. The van der Waals surface area contributed by atoms with Gasteiger partial charge in [-0.15, -0.1) is 0 Å². The molecule has 0 aliphatic heterocycles. The Hall–Kier alpha value is -2.15. The molecule has 1 aromatic heterocycles. The largest absolute Gasteiger partial charge is 0.252 e. The van der Waals surface area contributed by atoms with E-state index in [0.29, 0.717) is 0 Å². The summed E-state index contributed by atoms with van der Waals surface area (Å²) in [5.41, 5.74) is 9.26. The summed E-state index contributed by atoms with van der Waals surface area (Å²) in [6.07, 6.45) is 0.975. The van der Waals surface area contributed by atoms with Crippen LogP contribution in [0, 0.1) is 13.8 Å². The second-order valence-corrected chi connectivity index (χ2v) is 5.39. The normalized spacial score (nSPS) is 12.5. The van der Waals surface area contributed by atoms with Crippen molar-refractivity contribution in [2.75, 3.05) is 0 Å². The van der Waals surface area contributed by atoms with Gasteiger partial charge in [-0.1, -0.05) is 30.3 Å². The molecule has 1 nitrogen and oxygen atoms in total. The van der Waals surface area contributed by atoms with Gasteiger partial charge in [0, 0.05) is 17.4 Å². The minimum absolute atomic E-state index is 0.975. The molecule has 1 aliphatic rings. The molecule has 0 unspecified atom stereocenters. The fourth-order valence-corrected chi connectivity index (χ4v) is 3.05. The van der Waals surface area contributed by atoms with Crippen LogP contribution >= 0.6 is 0 Å². The molecule has 0 spiro atoms. The lowest BCUT2D eigenvalue weighted by molar-refractivity contribution is 1.12. The van der Waals surface area contributed by atoms with Crippen LogP contribution in [0.4, 0.5) is 0 Å². The van der Waals surface area contributed by atoms with E-state index in [4.69, 9.17) is 4.98 Å². The van der Waals surface area contributed by atoms with Crippen LogP contribution in [0.5, 0.6) is 0 Å². The van der Waals surface area contributed by atoms with Crippen LogP contribution in [0.2, 0.25) is 0 Å². The van der Waals surface area contributed by atoms with Crippen molar-refractivity contribution in [3.8, 4) is 11.1 Å². The molecule has 0 saturated heterocycles. The second kappa shape index (κ2) is 3.67. The van der Waals surface area contributed by atoms with Gasteiger partial charge in [-0.2, -0.15) is 0 Å². The van der Waals surface area contributed by atoms with E-state index in [9.17, 15) is 0 Å². The topological polar surface area (TPSA) is 12.9 Å². The van der Waals surface area contributed by atoms with Crippen molar-refractivity contribution in [3.63, 3.8) is 0 Å². The molecule has 92 valence electrons. The first-order valence-corrected chi connectivity index (χ1v) is 6.72. The average molecular weight is 245 g/mol. The number of aromatic nitrogens is 1. The summed E-state index contributed by atoms with van der Waals surface area (Å²) in [5.74, 6) is 0. The van der Waals surface area contributed by atoms with Crippen LogP contribution in [0.15, 0.2) is 42.5 Å². The van der Waals surface area contributed by atoms with Gasteiger partial charge in [-0.05, 0) is 48.2 Å². The summed E-state index contributed by atoms with van der Waals surface area (Å²) in [6, 6.07) is 15.1. The Bertz CT molecular complexity index is 815. The molecule has 4 rings (SSSR count). The maximum absolute atomic E-state index is 4.84. The van der Waals surface area contributed by atoms with Gasteiger partial charge in [0.15, 0.2) is 0 Å². The summed E-state index contributed by atoms with van der Waals surface area (Å²) in [7, 11) is 0. The highest BCUT2D eigenvalue weighted by Gasteiger charge is 2.22. The maximum Gasteiger partial charge on any atom is 0.0705 e. The molecule has 0 atom stereocenters. The number of rotatable bonds is 0. The standard InChI is InChI=1S/C18H15N/c1-11-7-8-14-15(12(11)2)10-18-16(14)9-13-5-3-4-6-17(13)19-18/h3-9H,10H2,1-2H3. The monoisotopic (exact) mass is 245 g/mol. The van der Waals surface area contributed by atoms with E-state index in [1.54, 1.807) is 0 Å². The predicted molar refractivity (Wildman–Crippen MR) is 79.5 cm³/mol. The average Bonchev–Trinajstić information content (AvgIpc) is 2.79. The van der Waals surface area contributed by atoms with Gasteiger partial charge in [-0.3, -0.25) is 4.98 Å². The highest BCUT2D eigenvalue weighted by Crippen LogP contribution is 2.39. The molecule has 0 saturated carbocycles. The summed E-state index contributed by atoms with van der Waals surface area (Å²) in [5, 5.41) is 1.23. The summed E-state index contributed by atoms with van der Waals surface area (Å²) in [6.45, 7) is 4.41. The third-order valence-corrected chi connectivity index (χ3v) is 4.31. The number of pyridine rings is 1. The number of para-hydroxylation sites is 1. The molecule has 0 fully saturated rings. The molecule has 1 aliphatic carbocycles. The molecule has 0 amide bonds. The zero-order valence-corrected chi connectivity index (χ0v) is 11.2. The van der Waals surface area contributed by atoms with Crippen LogP contribution in [-0.2, 0) is 6.42 Å². The fourth-order valence-electron chi connectivity index (χ4n) is 3.05. The van der Waals surface area contributed by atoms with Gasteiger partial charge in [0.25, 0.3) is 0 Å². The molecule has 2 aromatic carbocycles. The van der Waals surface area contributed by atoms with E-state index >= 15 is 0 Å². The van der Waals surface area contributed by atoms with E-state index in [-0.39, 0.29) is 0 Å². The molecule has 0 N–H and O–H groups in total. The zero-order chi connectivity index (χ0) is 13.0. The van der Waals surface area contributed by atoms with Crippen LogP contribution in [0.3, 0.4) is 0 Å². The number of hydrogen-bond donors (Lipinski definition) is 0. The molecule has 0 bridgehead atoms. The summed E-state index contributed by atoms with van der Waals surface area (Å²) in [4.78, 5) is 4.84. The molecule has 3 aromatic rings. The zero-order valence-electron chi connectivity index (χ0n) is 11.2. The number of fused-ring (bicyclic) bond motifs is 4. The van der Waals surface area contributed by atoms with Crippen LogP contribution in [-0.4, -0.2) is 4.98 Å². The predicted octanol–water partition coefficient (Wildman–Crippen LogP) is 4.42. The Labute approximate surface area is 112 Å². The molecular formula is C18H15N. The maximum atomic E-state index is 4.84. The van der Waals surface area contributed by atoms with Crippen molar-refractivity contribution in [2.45, 2.75) is 20.3 Å². The number of nitrogens with zero attached hydrogens (tertiary/aromatic N) is 1. The number of aryl methyl sites for hydroxylation is 1. The second-order valence-electron chi connectivity index (χ2n) is 5.39. The van der Waals surface area contributed by atoms with Gasteiger partial charge >= 0.3 is 0 Å². The van der Waals surface area contributed by atoms with Crippen LogP contribution in [0.1, 0.15) is 22.4 Å². The van der Waals surface area contributed by atoms with Crippen molar-refractivity contribution >= 4 is 10.9 Å². The van der Waals surface area contributed by atoms with Crippen molar-refractivity contribution in [1.82, 2.24) is 4.98 Å². The molecule has 1 heterocycles. The smallest absolute Gasteiger partial charge is 0.0705 e. The Balaban J connectivity index is 2.04. The lowest BCUT2D eigenvalue weighted by Crippen LogP contribution is -1.90. The quantitative estimate of drug-likeness (QED) is 0.447. The first-order valence-electron chi connectivity index (χ1n) is 6.72. The van der Waals surface area contributed by atoms with Gasteiger partial charge in [-0.25, -0.2) is 0 Å². The van der Waals surface area contributed by atoms with E-state index in [1.807, 2.05) is 0 Å². The third kappa shape index (κ3) is 1.45. The summed E-state index contributed by atoms with van der Waals surface area (Å²) >= 11 is 0. The summed E-state index contributed by atoms with van der Waals surface area (Å²) < 4.78 is 0. The van der Waals surface area contributed by atoms with E-state index in [2.05, 4.69) is 56.3 Å². The Morgan fingerprint density at radius 3 is 2.68 bits per heavy atom. The Morgan fingerprint density at radius 2 is 1.79 bits per heavy atom. The Morgan fingerprint density at radius 1 is 0.947 bits per heavy atom. The van der Waals surface area contributed by atoms with Crippen LogP contribution < -0.4 is 0 Å². The fraction of sp³-hybridized carbons (Fsp3) is 0.167. The number of benzene rings is 2. The van der Waals surface area contributed by atoms with Crippen molar-refractivity contribution in [1.29, 1.82) is 0 Å². The highest BCUT2D eigenvalue weighted by atomic mass is 14.7. The van der Waals surface area contributed by atoms with Gasteiger partial charge in [0.2, 0.25) is 0 Å². The molecular weight excluding hydrogens is 230 g/mol. The van der Waals surface area contributed by atoms with E-state index < -0.39 is 0 Å². The van der Waals surface area contributed by atoms with Crippen LogP contribution in [0.25, 0.3) is 22.0 Å². The molecule has 0 radical (unpaired) electrons. The van der Waals surface area contributed by atoms with E-state index in [1.165, 1.54) is 38.9 Å². The van der Waals surface area contributed by atoms with Crippen molar-refractivity contribution in [3.05, 3.63) is 64.8 Å². The third-order valence-electron chi connectivity index (χ3n) is 4.31. The lowest BCUT2D eigenvalue weighted by Gasteiger charge is -2.07. The minimum atomic E-state index is 0.975. The van der Waals surface area contributed by atoms with E-state index in [0.717, 1.165) is 11.9 Å².